The van der Waals surface area contributed by atoms with Crippen LogP contribution in [0, 0.1) is 0 Å². The van der Waals surface area contributed by atoms with Crippen molar-refractivity contribution in [2.24, 2.45) is 0 Å². The Hall–Kier alpha value is -1.18. The number of rotatable bonds is 6. The van der Waals surface area contributed by atoms with Gasteiger partial charge in [0.2, 0.25) is 0 Å². The van der Waals surface area contributed by atoms with Gasteiger partial charge in [-0.15, -0.1) is 0 Å². The van der Waals surface area contributed by atoms with Gasteiger partial charge in [0.1, 0.15) is 0 Å². The number of benzene rings is 1. The molecule has 0 N–H and O–H groups in total. The summed E-state index contributed by atoms with van der Waals surface area (Å²) in [6, 6.07) is 6.17. The van der Waals surface area contributed by atoms with E-state index in [0.717, 1.165) is 30.9 Å². The highest BCUT2D eigenvalue weighted by atomic mass is 16.5. The van der Waals surface area contributed by atoms with Crippen molar-refractivity contribution in [3.8, 4) is 11.5 Å². The molecule has 0 fully saturated rings. The Morgan fingerprint density at radius 2 is 1.94 bits per heavy atom. The minimum Gasteiger partial charge on any atom is -0.493 e. The molecule has 0 heterocycles. The molecule has 0 saturated heterocycles. The van der Waals surface area contributed by atoms with Crippen LogP contribution in [0.15, 0.2) is 18.2 Å². The Morgan fingerprint density at radius 3 is 2.50 bits per heavy atom. The highest BCUT2D eigenvalue weighted by Crippen LogP contribution is 2.30. The molecule has 0 aliphatic rings. The number of ether oxygens (including phenoxy) is 2. The fraction of sp³-hybridized carbons (Fsp3) is 0.571. The van der Waals surface area contributed by atoms with Crippen LogP contribution < -0.4 is 9.47 Å². The van der Waals surface area contributed by atoms with Gasteiger partial charge >= 0.3 is 0 Å². The van der Waals surface area contributed by atoms with Crippen molar-refractivity contribution in [2.45, 2.75) is 39.5 Å². The number of hydrogen-bond acceptors (Lipinski definition) is 2. The molecular formula is C14H22O2. The molecule has 2 heteroatoms. The number of hydrogen-bond donors (Lipinski definition) is 0. The SMILES string of the molecule is CCCCOc1ccc(C(C)C)cc1OC. The van der Waals surface area contributed by atoms with Gasteiger partial charge in [-0.25, -0.2) is 0 Å². The smallest absolute Gasteiger partial charge is 0.161 e. The molecule has 1 aromatic rings. The molecule has 0 aliphatic heterocycles. The van der Waals surface area contributed by atoms with Crippen molar-refractivity contribution in [3.05, 3.63) is 23.8 Å². The summed E-state index contributed by atoms with van der Waals surface area (Å²) in [4.78, 5) is 0. The second-order valence-corrected chi connectivity index (χ2v) is 4.27. The van der Waals surface area contributed by atoms with Gasteiger partial charge in [0.15, 0.2) is 11.5 Å². The van der Waals surface area contributed by atoms with E-state index in [-0.39, 0.29) is 0 Å². The van der Waals surface area contributed by atoms with E-state index in [4.69, 9.17) is 9.47 Å². The van der Waals surface area contributed by atoms with Crippen molar-refractivity contribution in [2.75, 3.05) is 13.7 Å². The summed E-state index contributed by atoms with van der Waals surface area (Å²) < 4.78 is 11.0. The van der Waals surface area contributed by atoms with Crippen molar-refractivity contribution in [1.82, 2.24) is 0 Å². The molecule has 0 saturated carbocycles. The van der Waals surface area contributed by atoms with Crippen LogP contribution in [0.2, 0.25) is 0 Å². The molecule has 0 aromatic heterocycles. The van der Waals surface area contributed by atoms with E-state index in [1.807, 2.05) is 6.07 Å². The lowest BCUT2D eigenvalue weighted by Gasteiger charge is -2.13. The van der Waals surface area contributed by atoms with Crippen LogP contribution in [-0.2, 0) is 0 Å². The van der Waals surface area contributed by atoms with Crippen LogP contribution in [0.4, 0.5) is 0 Å². The zero-order chi connectivity index (χ0) is 12.0. The minimum absolute atomic E-state index is 0.513. The summed E-state index contributed by atoms with van der Waals surface area (Å²) >= 11 is 0. The molecule has 0 atom stereocenters. The van der Waals surface area contributed by atoms with Crippen LogP contribution in [0.1, 0.15) is 45.1 Å². The molecule has 0 unspecified atom stereocenters. The van der Waals surface area contributed by atoms with Gasteiger partial charge in [0, 0.05) is 0 Å². The summed E-state index contributed by atoms with van der Waals surface area (Å²) in [7, 11) is 1.69. The van der Waals surface area contributed by atoms with Crippen LogP contribution in [0.25, 0.3) is 0 Å². The number of methoxy groups -OCH3 is 1. The average Bonchev–Trinajstić information content (AvgIpc) is 2.29. The van der Waals surface area contributed by atoms with E-state index in [1.54, 1.807) is 7.11 Å². The van der Waals surface area contributed by atoms with Gasteiger partial charge in [-0.3, -0.25) is 0 Å². The van der Waals surface area contributed by atoms with Gasteiger partial charge in [0.05, 0.1) is 13.7 Å². The van der Waals surface area contributed by atoms with Crippen LogP contribution >= 0.6 is 0 Å². The third-order valence-electron chi connectivity index (χ3n) is 2.61. The quantitative estimate of drug-likeness (QED) is 0.677. The van der Waals surface area contributed by atoms with Crippen LogP contribution in [0.3, 0.4) is 0 Å². The van der Waals surface area contributed by atoms with E-state index in [0.29, 0.717) is 5.92 Å². The maximum atomic E-state index is 5.68. The maximum absolute atomic E-state index is 5.68. The lowest BCUT2D eigenvalue weighted by Crippen LogP contribution is -1.99. The zero-order valence-electron chi connectivity index (χ0n) is 10.7. The predicted molar refractivity (Wildman–Crippen MR) is 67.5 cm³/mol. The van der Waals surface area contributed by atoms with E-state index >= 15 is 0 Å². The summed E-state index contributed by atoms with van der Waals surface area (Å²) in [6.07, 6.45) is 2.22. The maximum Gasteiger partial charge on any atom is 0.161 e. The topological polar surface area (TPSA) is 18.5 Å². The molecule has 0 amide bonds. The van der Waals surface area contributed by atoms with Crippen molar-refractivity contribution in [1.29, 1.82) is 0 Å². The highest BCUT2D eigenvalue weighted by molar-refractivity contribution is 5.43. The summed E-state index contributed by atoms with van der Waals surface area (Å²) in [6.45, 7) is 7.26. The van der Waals surface area contributed by atoms with E-state index in [1.165, 1.54) is 5.56 Å². The summed E-state index contributed by atoms with van der Waals surface area (Å²) in [5.74, 6) is 2.20. The summed E-state index contributed by atoms with van der Waals surface area (Å²) in [5.41, 5.74) is 1.28. The van der Waals surface area contributed by atoms with E-state index in [9.17, 15) is 0 Å². The molecular weight excluding hydrogens is 200 g/mol. The first-order valence-corrected chi connectivity index (χ1v) is 5.99. The van der Waals surface area contributed by atoms with Gasteiger partial charge in [-0.05, 0) is 30.0 Å². The van der Waals surface area contributed by atoms with Crippen molar-refractivity contribution >= 4 is 0 Å². The second kappa shape index (κ2) is 6.41. The third kappa shape index (κ3) is 3.44. The van der Waals surface area contributed by atoms with Gasteiger partial charge in [-0.1, -0.05) is 33.3 Å². The standard InChI is InChI=1S/C14H22O2/c1-5-6-9-16-13-8-7-12(11(2)3)10-14(13)15-4/h7-8,10-11H,5-6,9H2,1-4H3. The molecule has 16 heavy (non-hydrogen) atoms. The Bertz CT molecular complexity index is 319. The lowest BCUT2D eigenvalue weighted by molar-refractivity contribution is 0.288. The van der Waals surface area contributed by atoms with E-state index in [2.05, 4.69) is 32.9 Å². The zero-order valence-corrected chi connectivity index (χ0v) is 10.7. The molecule has 0 bridgehead atoms. The van der Waals surface area contributed by atoms with Crippen molar-refractivity contribution in [3.63, 3.8) is 0 Å². The van der Waals surface area contributed by atoms with E-state index < -0.39 is 0 Å². The van der Waals surface area contributed by atoms with Gasteiger partial charge in [0.25, 0.3) is 0 Å². The monoisotopic (exact) mass is 222 g/mol. The molecule has 1 rings (SSSR count). The highest BCUT2D eigenvalue weighted by Gasteiger charge is 2.07. The fourth-order valence-corrected chi connectivity index (χ4v) is 1.49. The number of unbranched alkanes of at least 4 members (excludes halogenated alkanes) is 1. The molecule has 0 radical (unpaired) electrons. The predicted octanol–water partition coefficient (Wildman–Crippen LogP) is 4.00. The Balaban J connectivity index is 2.76. The van der Waals surface area contributed by atoms with Crippen LogP contribution in [-0.4, -0.2) is 13.7 Å². The normalized spacial score (nSPS) is 10.6. The summed E-state index contributed by atoms with van der Waals surface area (Å²) in [5, 5.41) is 0. The molecule has 2 nitrogen and oxygen atoms in total. The Morgan fingerprint density at radius 1 is 1.19 bits per heavy atom. The van der Waals surface area contributed by atoms with Gasteiger partial charge in [-0.2, -0.15) is 0 Å². The Labute approximate surface area is 98.6 Å². The second-order valence-electron chi connectivity index (χ2n) is 4.27. The Kier molecular flexibility index (Phi) is 5.17. The first-order valence-electron chi connectivity index (χ1n) is 5.99. The molecule has 0 aliphatic carbocycles. The van der Waals surface area contributed by atoms with Gasteiger partial charge < -0.3 is 9.47 Å². The minimum atomic E-state index is 0.513. The van der Waals surface area contributed by atoms with Crippen molar-refractivity contribution < 1.29 is 9.47 Å². The lowest BCUT2D eigenvalue weighted by atomic mass is 10.0. The third-order valence-corrected chi connectivity index (χ3v) is 2.61. The van der Waals surface area contributed by atoms with Crippen LogP contribution in [0.5, 0.6) is 11.5 Å². The average molecular weight is 222 g/mol. The molecule has 0 spiro atoms. The molecule has 1 aromatic carbocycles. The first kappa shape index (κ1) is 12.9. The largest absolute Gasteiger partial charge is 0.493 e. The first-order chi connectivity index (χ1) is 7.69. The molecule has 90 valence electrons. The fourth-order valence-electron chi connectivity index (χ4n) is 1.49.